The summed E-state index contributed by atoms with van der Waals surface area (Å²) in [5.41, 5.74) is -17.9. The van der Waals surface area contributed by atoms with Crippen molar-refractivity contribution < 1.29 is 122 Å². The van der Waals surface area contributed by atoms with Gasteiger partial charge in [0, 0.05) is 128 Å². The topological polar surface area (TPSA) is 257 Å². The standard InChI is InChI=1S/C28H40N8P2.4CHF3O3S/c1-29(2)25-9-17-33(18-10-25)37(34-19-11-26(12-20-34)30(3)4)38(35-21-13-27(14-22-35)31(5)6)36-23-15-28(16-24-36)32(7)8;4*2-1(3,4)8(5,6)7/h9-24H,1-8H3;4*(H,5,6,7)/q+4;;;;/p-4. The van der Waals surface area contributed by atoms with Crippen molar-refractivity contribution in [2.24, 2.45) is 0 Å². The Morgan fingerprint density at radius 1 is 0.329 bits per heavy atom. The van der Waals surface area contributed by atoms with Crippen molar-refractivity contribution in [3.63, 3.8) is 0 Å². The smallest absolute Gasteiger partial charge is 0.666 e. The Bertz CT molecular complexity index is 2350. The highest BCUT2D eigenvalue weighted by Crippen LogP contribution is 2.54. The summed E-state index contributed by atoms with van der Waals surface area (Å²) in [5, 5.41) is 0. The van der Waals surface area contributed by atoms with E-state index in [2.05, 4.69) is 191 Å². The second kappa shape index (κ2) is 25.2. The lowest BCUT2D eigenvalue weighted by Gasteiger charge is -2.13. The van der Waals surface area contributed by atoms with Crippen molar-refractivity contribution in [1.29, 1.82) is 0 Å². The summed E-state index contributed by atoms with van der Waals surface area (Å²) in [6, 6.07) is 17.5. The van der Waals surface area contributed by atoms with E-state index in [1.165, 1.54) is 22.7 Å². The Kier molecular flexibility index (Phi) is 23.6. The van der Waals surface area contributed by atoms with Crippen molar-refractivity contribution in [3.05, 3.63) is 98.1 Å². The minimum Gasteiger partial charge on any atom is -0.741 e. The summed E-state index contributed by atoms with van der Waals surface area (Å²) in [6.07, 6.45) is 17.7. The van der Waals surface area contributed by atoms with Gasteiger partial charge in [0.25, 0.3) is 0 Å². The van der Waals surface area contributed by atoms with Crippen LogP contribution in [0.4, 0.5) is 75.4 Å². The summed E-state index contributed by atoms with van der Waals surface area (Å²) in [6.45, 7) is 0. The number of anilines is 4. The first-order valence-electron chi connectivity index (χ1n) is 17.6. The summed E-state index contributed by atoms with van der Waals surface area (Å²) in [4.78, 5) is 8.55. The molecule has 4 aromatic rings. The first kappa shape index (κ1) is 65.5. The van der Waals surface area contributed by atoms with Gasteiger partial charge in [-0.15, -0.1) is 17.4 Å². The molecular formula is C32H40F12N8O12P2S4. The molecule has 0 spiro atoms. The van der Waals surface area contributed by atoms with Crippen LogP contribution in [0.1, 0.15) is 0 Å². The van der Waals surface area contributed by atoms with E-state index in [1.54, 1.807) is 0 Å². The zero-order valence-corrected chi connectivity index (χ0v) is 41.8. The summed E-state index contributed by atoms with van der Waals surface area (Å²) < 4.78 is 245. The van der Waals surface area contributed by atoms with Crippen molar-refractivity contribution in [3.8, 4) is 0 Å². The van der Waals surface area contributed by atoms with E-state index in [9.17, 15) is 52.7 Å². The van der Waals surface area contributed by atoms with Crippen LogP contribution in [-0.4, -0.2) is 130 Å². The van der Waals surface area contributed by atoms with Gasteiger partial charge in [-0.2, -0.15) is 52.7 Å². The molecule has 398 valence electrons. The molecule has 0 aliphatic heterocycles. The van der Waals surface area contributed by atoms with Crippen LogP contribution in [0.25, 0.3) is 0 Å². The van der Waals surface area contributed by atoms with Crippen LogP contribution in [0.15, 0.2) is 98.1 Å². The average Bonchev–Trinajstić information content (AvgIpc) is 3.18. The van der Waals surface area contributed by atoms with E-state index in [1.807, 2.05) is 0 Å². The largest absolute Gasteiger partial charge is 0.741 e. The second-order valence-electron chi connectivity index (χ2n) is 13.5. The van der Waals surface area contributed by atoms with Crippen LogP contribution in [0.2, 0.25) is 0 Å². The normalized spacial score (nSPS) is 12.4. The molecule has 0 amide bonds. The first-order valence-corrected chi connectivity index (χ1v) is 26.4. The highest BCUT2D eigenvalue weighted by Gasteiger charge is 2.63. The van der Waals surface area contributed by atoms with Crippen LogP contribution >= 0.6 is 15.8 Å². The molecule has 38 heteroatoms. The van der Waals surface area contributed by atoms with Gasteiger partial charge in [-0.3, -0.25) is 0 Å². The van der Waals surface area contributed by atoms with Crippen LogP contribution in [-0.2, 0) is 40.5 Å². The maximum atomic E-state index is 10.7. The fourth-order valence-electron chi connectivity index (χ4n) is 3.92. The third kappa shape index (κ3) is 21.4. The van der Waals surface area contributed by atoms with Crippen molar-refractivity contribution in [1.82, 2.24) is 0 Å². The second-order valence-corrected chi connectivity index (χ2v) is 24.0. The van der Waals surface area contributed by atoms with Crippen LogP contribution in [0, 0.1) is 0 Å². The van der Waals surface area contributed by atoms with Crippen molar-refractivity contribution >= 4 is 79.0 Å². The molecule has 0 atom stereocenters. The van der Waals surface area contributed by atoms with Gasteiger partial charge < -0.3 is 37.8 Å². The molecule has 0 saturated heterocycles. The number of pyridine rings is 4. The number of alkyl halides is 12. The number of halogens is 12. The molecule has 4 heterocycles. The molecule has 0 radical (unpaired) electrons. The Morgan fingerprint density at radius 2 is 0.429 bits per heavy atom. The van der Waals surface area contributed by atoms with E-state index in [0.29, 0.717) is 0 Å². The first-order chi connectivity index (χ1) is 31.2. The van der Waals surface area contributed by atoms with E-state index in [4.69, 9.17) is 51.9 Å². The van der Waals surface area contributed by atoms with Crippen molar-refractivity contribution in [2.75, 3.05) is 76.0 Å². The lowest BCUT2D eigenvalue weighted by molar-refractivity contribution is -0.653. The molecule has 0 unspecified atom stereocenters. The average molecular weight is 1150 g/mol. The maximum Gasteiger partial charge on any atom is 0.666 e. The molecule has 4 aromatic heterocycles. The van der Waals surface area contributed by atoms with Gasteiger partial charge in [0.15, 0.2) is 90.0 Å². The van der Waals surface area contributed by atoms with E-state index >= 15 is 0 Å². The Morgan fingerprint density at radius 3 is 0.500 bits per heavy atom. The molecular weight excluding hydrogens is 1110 g/mol. The van der Waals surface area contributed by atoms with Crippen LogP contribution < -0.4 is 37.0 Å². The lowest BCUT2D eigenvalue weighted by atomic mass is 10.4. The monoisotopic (exact) mass is 1150 g/mol. The maximum absolute atomic E-state index is 10.7. The Hall–Kier alpha value is -4.54. The number of hydrogen-bond donors (Lipinski definition) is 0. The third-order valence-electron chi connectivity index (χ3n) is 7.37. The molecule has 0 aliphatic carbocycles. The van der Waals surface area contributed by atoms with Gasteiger partial charge in [-0.05, 0) is 0 Å². The van der Waals surface area contributed by atoms with Gasteiger partial charge in [0.05, 0.1) is 0 Å². The molecule has 0 bridgehead atoms. The van der Waals surface area contributed by atoms with E-state index in [-0.39, 0.29) is 0 Å². The van der Waals surface area contributed by atoms with E-state index < -0.39 is 78.3 Å². The minimum absolute atomic E-state index is 0.920. The molecule has 4 rings (SSSR count). The summed E-state index contributed by atoms with van der Waals surface area (Å²) in [7, 11) is -9.58. The molecule has 0 aliphatic rings. The Balaban J connectivity index is 0.00000120. The minimum atomic E-state index is -6.09. The van der Waals surface area contributed by atoms with Gasteiger partial charge in [0.1, 0.15) is 0 Å². The van der Waals surface area contributed by atoms with Crippen LogP contribution in [0.5, 0.6) is 0 Å². The molecule has 0 aromatic carbocycles. The fourth-order valence-corrected chi connectivity index (χ4v) is 10.3. The van der Waals surface area contributed by atoms with E-state index in [0.717, 1.165) is 0 Å². The number of aromatic nitrogens is 4. The predicted octanol–water partition coefficient (Wildman–Crippen LogP) is 3.34. The zero-order valence-electron chi connectivity index (χ0n) is 36.8. The molecule has 70 heavy (non-hydrogen) atoms. The molecule has 0 fully saturated rings. The predicted molar refractivity (Wildman–Crippen MR) is 222 cm³/mol. The van der Waals surface area contributed by atoms with Crippen LogP contribution in [0.3, 0.4) is 0 Å². The number of rotatable bonds is 9. The highest BCUT2D eigenvalue weighted by molar-refractivity contribution is 8.17. The fraction of sp³-hybridized carbons (Fsp3) is 0.375. The number of nitrogens with zero attached hydrogens (tertiary/aromatic N) is 8. The quantitative estimate of drug-likeness (QED) is 0.101. The number of hydrogen-bond acceptors (Lipinski definition) is 16. The zero-order chi connectivity index (χ0) is 55.4. The highest BCUT2D eigenvalue weighted by atomic mass is 32.2. The molecule has 0 N–H and O–H groups in total. The van der Waals surface area contributed by atoms with Gasteiger partial charge in [0.2, 0.25) is 0 Å². The van der Waals surface area contributed by atoms with Gasteiger partial charge >= 0.3 is 37.9 Å². The molecule has 0 saturated carbocycles. The molecule has 20 nitrogen and oxygen atoms in total. The van der Waals surface area contributed by atoms with Gasteiger partial charge in [-0.25, -0.2) is 33.7 Å². The SMILES string of the molecule is CN(C)c1cc[n+](P([n+]2ccc(N(C)C)cc2)P([n+]2ccc(N(C)C)cc2)[n+]2ccc(N(C)C)cc2)cc1.O=S(=O)([O-])C(F)(F)F.O=S(=O)([O-])C(F)(F)F.O=S(=O)([O-])C(F)(F)F.O=S(=O)([O-])C(F)(F)F. The summed E-state index contributed by atoms with van der Waals surface area (Å²) in [5.74, 6) is 0. The Labute approximate surface area is 395 Å². The third-order valence-corrected chi connectivity index (χ3v) is 16.1. The van der Waals surface area contributed by atoms with Gasteiger partial charge in [-0.1, -0.05) is 0 Å². The lowest BCUT2D eigenvalue weighted by Crippen LogP contribution is -2.52. The summed E-state index contributed by atoms with van der Waals surface area (Å²) >= 11 is 0. The van der Waals surface area contributed by atoms with Crippen molar-refractivity contribution in [2.45, 2.75) is 22.0 Å².